The van der Waals surface area contributed by atoms with Crippen LogP contribution in [0.4, 0.5) is 4.79 Å². The van der Waals surface area contributed by atoms with Crippen LogP contribution in [-0.4, -0.2) is 89.9 Å². The molecule has 6 rings (SSSR count). The number of aliphatic hydroxyl groups is 1. The maximum absolute atomic E-state index is 13.5. The zero-order valence-corrected chi connectivity index (χ0v) is 24.9. The first-order valence-corrected chi connectivity index (χ1v) is 15.0. The van der Waals surface area contributed by atoms with Crippen molar-refractivity contribution in [1.29, 1.82) is 0 Å². The SMILES string of the molecule is CN1CCN(CC(O)COc2ccc(C3c4[nH]c5ccc(Cl)cc5c4CCN3C(=O)Oc3ccc(Cl)cc3)cc2)CC1. The van der Waals surface area contributed by atoms with E-state index in [1.807, 2.05) is 42.5 Å². The van der Waals surface area contributed by atoms with Crippen molar-refractivity contribution in [2.45, 2.75) is 18.6 Å². The minimum absolute atomic E-state index is 0.210. The van der Waals surface area contributed by atoms with Gasteiger partial charge in [0.05, 0.1) is 0 Å². The summed E-state index contributed by atoms with van der Waals surface area (Å²) in [5.74, 6) is 1.09. The minimum Gasteiger partial charge on any atom is -0.491 e. The first-order chi connectivity index (χ1) is 20.3. The van der Waals surface area contributed by atoms with Crippen LogP contribution in [0.1, 0.15) is 22.9 Å². The summed E-state index contributed by atoms with van der Waals surface area (Å²) in [4.78, 5) is 23.4. The molecular weight excluding hydrogens is 575 g/mol. The van der Waals surface area contributed by atoms with E-state index in [4.69, 9.17) is 32.7 Å². The topological polar surface area (TPSA) is 81.3 Å². The summed E-state index contributed by atoms with van der Waals surface area (Å²) in [6.45, 7) is 5.18. The van der Waals surface area contributed by atoms with Crippen LogP contribution in [0.25, 0.3) is 10.9 Å². The first kappa shape index (κ1) is 28.8. The third-order valence-electron chi connectivity index (χ3n) is 8.05. The lowest BCUT2D eigenvalue weighted by Crippen LogP contribution is -2.47. The second-order valence-electron chi connectivity index (χ2n) is 11.0. The number of fused-ring (bicyclic) bond motifs is 3. The number of halogens is 2. The second kappa shape index (κ2) is 12.5. The number of hydrogen-bond acceptors (Lipinski definition) is 6. The number of piperazine rings is 1. The number of hydrogen-bond donors (Lipinski definition) is 2. The molecule has 0 bridgehead atoms. The van der Waals surface area contributed by atoms with Gasteiger partial charge in [0, 0.05) is 65.9 Å². The van der Waals surface area contributed by atoms with Crippen molar-refractivity contribution >= 4 is 40.2 Å². The highest BCUT2D eigenvalue weighted by atomic mass is 35.5. The molecule has 0 spiro atoms. The van der Waals surface area contributed by atoms with Crippen LogP contribution in [0, 0.1) is 0 Å². The number of H-pyrrole nitrogens is 1. The van der Waals surface area contributed by atoms with Crippen molar-refractivity contribution in [2.24, 2.45) is 0 Å². The number of aliphatic hydroxyl groups excluding tert-OH is 1. The summed E-state index contributed by atoms with van der Waals surface area (Å²) < 4.78 is 11.7. The fraction of sp³-hybridized carbons (Fsp3) is 0.344. The summed E-state index contributed by atoms with van der Waals surface area (Å²) >= 11 is 12.4. The molecule has 2 N–H and O–H groups in total. The van der Waals surface area contributed by atoms with E-state index >= 15 is 0 Å². The molecule has 42 heavy (non-hydrogen) atoms. The van der Waals surface area contributed by atoms with E-state index in [1.54, 1.807) is 29.2 Å². The average Bonchev–Trinajstić information content (AvgIpc) is 3.36. The van der Waals surface area contributed by atoms with Crippen LogP contribution in [0.3, 0.4) is 0 Å². The molecule has 2 atom stereocenters. The number of rotatable bonds is 7. The third-order valence-corrected chi connectivity index (χ3v) is 8.53. The highest BCUT2D eigenvalue weighted by molar-refractivity contribution is 6.31. The summed E-state index contributed by atoms with van der Waals surface area (Å²) in [6.07, 6.45) is -0.365. The summed E-state index contributed by atoms with van der Waals surface area (Å²) in [6, 6.07) is 19.8. The summed E-state index contributed by atoms with van der Waals surface area (Å²) in [5.41, 5.74) is 3.95. The van der Waals surface area contributed by atoms with Gasteiger partial charge in [-0.1, -0.05) is 35.3 Å². The number of β-amino-alcohol motifs (C(OH)–C–C–N with tert-alkyl or cyclic N) is 1. The molecule has 0 aliphatic carbocycles. The molecule has 1 aromatic heterocycles. The van der Waals surface area contributed by atoms with Gasteiger partial charge in [-0.2, -0.15) is 0 Å². The number of likely N-dealkylation sites (N-methyl/N-ethyl adjacent to an activating group) is 1. The number of aromatic nitrogens is 1. The number of ether oxygens (including phenoxy) is 2. The van der Waals surface area contributed by atoms with E-state index in [9.17, 15) is 9.90 Å². The van der Waals surface area contributed by atoms with E-state index in [-0.39, 0.29) is 6.61 Å². The van der Waals surface area contributed by atoms with Crippen LogP contribution in [0.5, 0.6) is 11.5 Å². The third kappa shape index (κ3) is 6.38. The molecule has 0 radical (unpaired) electrons. The maximum atomic E-state index is 13.5. The van der Waals surface area contributed by atoms with E-state index in [0.29, 0.717) is 41.1 Å². The van der Waals surface area contributed by atoms with Gasteiger partial charge in [-0.15, -0.1) is 0 Å². The Balaban J connectivity index is 1.21. The predicted octanol–water partition coefficient (Wildman–Crippen LogP) is 5.61. The van der Waals surface area contributed by atoms with Crippen molar-refractivity contribution < 1.29 is 19.4 Å². The molecule has 220 valence electrons. The van der Waals surface area contributed by atoms with Gasteiger partial charge in [-0.3, -0.25) is 9.80 Å². The second-order valence-corrected chi connectivity index (χ2v) is 11.9. The van der Waals surface area contributed by atoms with E-state index < -0.39 is 18.2 Å². The fourth-order valence-corrected chi connectivity index (χ4v) is 6.08. The van der Waals surface area contributed by atoms with Gasteiger partial charge < -0.3 is 24.5 Å². The Morgan fingerprint density at radius 2 is 1.64 bits per heavy atom. The van der Waals surface area contributed by atoms with Crippen LogP contribution in [0.2, 0.25) is 10.0 Å². The number of nitrogens with one attached hydrogen (secondary N) is 1. The number of carbonyl (C=O) groups is 1. The molecule has 3 aromatic carbocycles. The van der Waals surface area contributed by atoms with Crippen molar-refractivity contribution in [2.75, 3.05) is 52.9 Å². The zero-order valence-electron chi connectivity index (χ0n) is 23.4. The molecule has 8 nitrogen and oxygen atoms in total. The molecule has 10 heteroatoms. The average molecular weight is 610 g/mol. The van der Waals surface area contributed by atoms with Crippen molar-refractivity contribution in [3.63, 3.8) is 0 Å². The quantitative estimate of drug-likeness (QED) is 0.284. The number of aromatic amines is 1. The van der Waals surface area contributed by atoms with E-state index in [2.05, 4.69) is 21.8 Å². The molecule has 4 aromatic rings. The Morgan fingerprint density at radius 3 is 2.38 bits per heavy atom. The Morgan fingerprint density at radius 1 is 0.952 bits per heavy atom. The van der Waals surface area contributed by atoms with Crippen LogP contribution >= 0.6 is 23.2 Å². The van der Waals surface area contributed by atoms with Crippen molar-refractivity contribution in [3.8, 4) is 11.5 Å². The Bertz CT molecular complexity index is 1530. The molecule has 2 unspecified atom stereocenters. The van der Waals surface area contributed by atoms with E-state index in [0.717, 1.165) is 53.9 Å². The van der Waals surface area contributed by atoms with Gasteiger partial charge in [-0.25, -0.2) is 4.79 Å². The number of benzene rings is 3. The van der Waals surface area contributed by atoms with Crippen molar-refractivity contribution in [1.82, 2.24) is 19.7 Å². The molecule has 2 aliphatic rings. The highest BCUT2D eigenvalue weighted by Gasteiger charge is 2.36. The number of amides is 1. The monoisotopic (exact) mass is 608 g/mol. The molecule has 0 saturated carbocycles. The first-order valence-electron chi connectivity index (χ1n) is 14.2. The van der Waals surface area contributed by atoms with Crippen LogP contribution in [-0.2, 0) is 6.42 Å². The van der Waals surface area contributed by atoms with Gasteiger partial charge in [-0.05, 0) is 79.2 Å². The summed E-state index contributed by atoms with van der Waals surface area (Å²) in [5, 5.41) is 12.9. The Kier molecular flexibility index (Phi) is 8.60. The van der Waals surface area contributed by atoms with Gasteiger partial charge >= 0.3 is 6.09 Å². The molecule has 2 aliphatic heterocycles. The van der Waals surface area contributed by atoms with Gasteiger partial charge in [0.2, 0.25) is 0 Å². The maximum Gasteiger partial charge on any atom is 0.416 e. The van der Waals surface area contributed by atoms with Gasteiger partial charge in [0.25, 0.3) is 0 Å². The molecule has 1 amide bonds. The molecule has 1 saturated heterocycles. The lowest BCUT2D eigenvalue weighted by Gasteiger charge is -2.35. The van der Waals surface area contributed by atoms with Crippen molar-refractivity contribution in [3.05, 3.63) is 93.6 Å². The zero-order chi connectivity index (χ0) is 29.2. The molecular formula is C32H34Cl2N4O4. The minimum atomic E-state index is -0.578. The van der Waals surface area contributed by atoms with E-state index in [1.165, 1.54) is 0 Å². The summed E-state index contributed by atoms with van der Waals surface area (Å²) in [7, 11) is 2.12. The normalized spacial score (nSPS) is 18.6. The number of carbonyl (C=O) groups excluding carboxylic acids is 1. The fourth-order valence-electron chi connectivity index (χ4n) is 5.79. The van der Waals surface area contributed by atoms with Crippen LogP contribution < -0.4 is 9.47 Å². The lowest BCUT2D eigenvalue weighted by atomic mass is 9.92. The predicted molar refractivity (Wildman–Crippen MR) is 165 cm³/mol. The van der Waals surface area contributed by atoms with Gasteiger partial charge in [0.15, 0.2) is 0 Å². The lowest BCUT2D eigenvalue weighted by molar-refractivity contribution is 0.0504. The Labute approximate surface area is 255 Å². The highest BCUT2D eigenvalue weighted by Crippen LogP contribution is 2.40. The smallest absolute Gasteiger partial charge is 0.416 e. The van der Waals surface area contributed by atoms with Crippen LogP contribution in [0.15, 0.2) is 66.7 Å². The Hall–Kier alpha value is -3.27. The standard InChI is InChI=1S/C32H34Cl2N4O4/c1-36-14-16-37(17-15-36)19-24(39)20-41-25-7-2-21(3-8-25)31-30-27(28-18-23(34)6-11-29(28)35-30)12-13-38(31)32(40)42-26-9-4-22(33)5-10-26/h2-11,18,24,31,35,39H,12-17,19-20H2,1H3. The molecule has 1 fully saturated rings. The molecule has 3 heterocycles. The largest absolute Gasteiger partial charge is 0.491 e. The van der Waals surface area contributed by atoms with Gasteiger partial charge in [0.1, 0.15) is 30.3 Å². The number of nitrogens with zero attached hydrogens (tertiary/aromatic N) is 3.